The van der Waals surface area contributed by atoms with E-state index >= 15 is 0 Å². The Morgan fingerprint density at radius 3 is 2.78 bits per heavy atom. The highest BCUT2D eigenvalue weighted by molar-refractivity contribution is 5.86. The molecule has 1 aromatic carbocycles. The average molecular weight is 243 g/mol. The van der Waals surface area contributed by atoms with Crippen LogP contribution in [0.5, 0.6) is 0 Å². The molecule has 0 N–H and O–H groups in total. The average Bonchev–Trinajstić information content (AvgIpc) is 2.40. The second-order valence-corrected chi connectivity index (χ2v) is 4.27. The van der Waals surface area contributed by atoms with Crippen LogP contribution in [0.1, 0.15) is 19.0 Å². The van der Waals surface area contributed by atoms with Gasteiger partial charge in [-0.3, -0.25) is 9.78 Å². The predicted octanol–water partition coefficient (Wildman–Crippen LogP) is 2.77. The summed E-state index contributed by atoms with van der Waals surface area (Å²) in [5, 5.41) is 1.09. The van der Waals surface area contributed by atoms with Gasteiger partial charge in [0.1, 0.15) is 6.10 Å². The van der Waals surface area contributed by atoms with Crippen molar-refractivity contribution < 1.29 is 9.53 Å². The van der Waals surface area contributed by atoms with Gasteiger partial charge in [0.2, 0.25) is 0 Å². The van der Waals surface area contributed by atoms with E-state index in [1.54, 1.807) is 7.11 Å². The Kier molecular flexibility index (Phi) is 4.05. The van der Waals surface area contributed by atoms with E-state index in [0.717, 1.165) is 16.6 Å². The summed E-state index contributed by atoms with van der Waals surface area (Å²) >= 11 is 0. The molecular formula is C15H17NO2. The van der Waals surface area contributed by atoms with E-state index in [-0.39, 0.29) is 11.9 Å². The fourth-order valence-corrected chi connectivity index (χ4v) is 2.02. The minimum Gasteiger partial charge on any atom is -0.374 e. The number of pyridine rings is 1. The first-order valence-electron chi connectivity index (χ1n) is 6.14. The minimum absolute atomic E-state index is 0.0859. The Hall–Kier alpha value is -1.74. The normalized spacial score (nSPS) is 12.6. The van der Waals surface area contributed by atoms with Crippen molar-refractivity contribution in [2.45, 2.75) is 25.9 Å². The predicted molar refractivity (Wildman–Crippen MR) is 71.5 cm³/mol. The number of benzene rings is 1. The number of para-hydroxylation sites is 1. The quantitative estimate of drug-likeness (QED) is 0.810. The van der Waals surface area contributed by atoms with Crippen LogP contribution in [0.3, 0.4) is 0 Å². The number of ketones is 1. The summed E-state index contributed by atoms with van der Waals surface area (Å²) in [4.78, 5) is 16.4. The lowest BCUT2D eigenvalue weighted by Crippen LogP contribution is -2.24. The highest BCUT2D eigenvalue weighted by Crippen LogP contribution is 2.13. The molecule has 0 aliphatic carbocycles. The minimum atomic E-state index is -0.321. The summed E-state index contributed by atoms with van der Waals surface area (Å²) in [6, 6.07) is 11.8. The number of aromatic nitrogens is 1. The van der Waals surface area contributed by atoms with Gasteiger partial charge in [-0.15, -0.1) is 0 Å². The van der Waals surface area contributed by atoms with Gasteiger partial charge in [-0.1, -0.05) is 31.2 Å². The van der Waals surface area contributed by atoms with Crippen LogP contribution in [-0.2, 0) is 16.0 Å². The first-order valence-corrected chi connectivity index (χ1v) is 6.14. The summed E-state index contributed by atoms with van der Waals surface area (Å²) in [5.41, 5.74) is 1.72. The Morgan fingerprint density at radius 1 is 1.28 bits per heavy atom. The van der Waals surface area contributed by atoms with E-state index < -0.39 is 0 Å². The van der Waals surface area contributed by atoms with Crippen LogP contribution in [0.25, 0.3) is 10.9 Å². The molecule has 18 heavy (non-hydrogen) atoms. The number of hydrogen-bond donors (Lipinski definition) is 0. The Labute approximate surface area is 107 Å². The molecule has 3 nitrogen and oxygen atoms in total. The third-order valence-corrected chi connectivity index (χ3v) is 3.03. The molecule has 1 atom stereocenters. The molecule has 3 heteroatoms. The molecule has 0 spiro atoms. The maximum atomic E-state index is 11.9. The molecule has 0 radical (unpaired) electrons. The van der Waals surface area contributed by atoms with Crippen molar-refractivity contribution in [2.75, 3.05) is 7.11 Å². The van der Waals surface area contributed by atoms with E-state index in [2.05, 4.69) is 4.98 Å². The van der Waals surface area contributed by atoms with Crippen LogP contribution in [-0.4, -0.2) is 24.0 Å². The molecule has 0 saturated heterocycles. The molecule has 0 aliphatic rings. The first kappa shape index (κ1) is 12.7. The molecule has 1 unspecified atom stereocenters. The lowest BCUT2D eigenvalue weighted by molar-refractivity contribution is -0.128. The van der Waals surface area contributed by atoms with Gasteiger partial charge in [-0.05, 0) is 18.6 Å². The number of carbonyl (C=O) groups is 1. The number of hydrogen-bond acceptors (Lipinski definition) is 3. The highest BCUT2D eigenvalue weighted by atomic mass is 16.5. The third kappa shape index (κ3) is 2.74. The molecule has 0 bridgehead atoms. The monoisotopic (exact) mass is 243 g/mol. The van der Waals surface area contributed by atoms with Gasteiger partial charge in [0, 0.05) is 18.2 Å². The number of ether oxygens (including phenoxy) is 1. The van der Waals surface area contributed by atoms with E-state index in [0.29, 0.717) is 12.8 Å². The number of rotatable bonds is 5. The number of carbonyl (C=O) groups excluding carboxylic acids is 1. The topological polar surface area (TPSA) is 39.2 Å². The van der Waals surface area contributed by atoms with Crippen molar-refractivity contribution in [1.82, 2.24) is 4.98 Å². The van der Waals surface area contributed by atoms with E-state index in [1.807, 2.05) is 43.3 Å². The zero-order valence-corrected chi connectivity index (χ0v) is 10.7. The summed E-state index contributed by atoms with van der Waals surface area (Å²) < 4.78 is 5.14. The smallest absolute Gasteiger partial charge is 0.167 e. The zero-order valence-electron chi connectivity index (χ0n) is 10.7. The molecule has 1 aromatic heterocycles. The van der Waals surface area contributed by atoms with Crippen LogP contribution in [0, 0.1) is 0 Å². The number of fused-ring (bicyclic) bond motifs is 1. The summed E-state index contributed by atoms with van der Waals surface area (Å²) in [7, 11) is 1.57. The molecular weight excluding hydrogens is 226 g/mol. The van der Waals surface area contributed by atoms with Gasteiger partial charge in [0.05, 0.1) is 11.9 Å². The van der Waals surface area contributed by atoms with E-state index in [9.17, 15) is 4.79 Å². The van der Waals surface area contributed by atoms with Crippen molar-refractivity contribution in [3.05, 3.63) is 42.1 Å². The third-order valence-electron chi connectivity index (χ3n) is 3.03. The number of Topliss-reactive ketones (excluding diaryl/α,β-unsaturated/α-hetero) is 1. The molecule has 0 fully saturated rings. The zero-order chi connectivity index (χ0) is 13.0. The standard InChI is InChI=1S/C15H17NO2/c1-3-15(18-2)14(17)10-12-9-8-11-6-4-5-7-13(11)16-12/h4-9,15H,3,10H2,1-2H3. The van der Waals surface area contributed by atoms with Gasteiger partial charge < -0.3 is 4.74 Å². The van der Waals surface area contributed by atoms with Gasteiger partial charge in [0.15, 0.2) is 5.78 Å². The van der Waals surface area contributed by atoms with Crippen LogP contribution in [0.15, 0.2) is 36.4 Å². The fourth-order valence-electron chi connectivity index (χ4n) is 2.02. The van der Waals surface area contributed by atoms with Crippen LogP contribution >= 0.6 is 0 Å². The lowest BCUT2D eigenvalue weighted by Gasteiger charge is -2.11. The first-order chi connectivity index (χ1) is 8.74. The van der Waals surface area contributed by atoms with Gasteiger partial charge in [-0.2, -0.15) is 0 Å². The van der Waals surface area contributed by atoms with Crippen molar-refractivity contribution in [3.8, 4) is 0 Å². The van der Waals surface area contributed by atoms with E-state index in [4.69, 9.17) is 4.74 Å². The maximum Gasteiger partial charge on any atom is 0.167 e. The van der Waals surface area contributed by atoms with Crippen molar-refractivity contribution in [1.29, 1.82) is 0 Å². The number of nitrogens with zero attached hydrogens (tertiary/aromatic N) is 1. The van der Waals surface area contributed by atoms with E-state index in [1.165, 1.54) is 0 Å². The highest BCUT2D eigenvalue weighted by Gasteiger charge is 2.16. The fraction of sp³-hybridized carbons (Fsp3) is 0.333. The lowest BCUT2D eigenvalue weighted by atomic mass is 10.1. The molecule has 2 rings (SSSR count). The SMILES string of the molecule is CCC(OC)C(=O)Cc1ccc2ccccc2n1. The number of methoxy groups -OCH3 is 1. The largest absolute Gasteiger partial charge is 0.374 e. The van der Waals surface area contributed by atoms with Crippen molar-refractivity contribution >= 4 is 16.7 Å². The Morgan fingerprint density at radius 2 is 2.06 bits per heavy atom. The van der Waals surface area contributed by atoms with Gasteiger partial charge in [0.25, 0.3) is 0 Å². The van der Waals surface area contributed by atoms with Crippen molar-refractivity contribution in [3.63, 3.8) is 0 Å². The second kappa shape index (κ2) is 5.74. The Balaban J connectivity index is 2.19. The summed E-state index contributed by atoms with van der Waals surface area (Å²) in [5.74, 6) is 0.0859. The van der Waals surface area contributed by atoms with Gasteiger partial charge >= 0.3 is 0 Å². The molecule has 0 aliphatic heterocycles. The molecule has 94 valence electrons. The van der Waals surface area contributed by atoms with Gasteiger partial charge in [-0.25, -0.2) is 0 Å². The molecule has 1 heterocycles. The van der Waals surface area contributed by atoms with Crippen LogP contribution in [0.4, 0.5) is 0 Å². The van der Waals surface area contributed by atoms with Crippen LogP contribution < -0.4 is 0 Å². The van der Waals surface area contributed by atoms with Crippen molar-refractivity contribution in [2.24, 2.45) is 0 Å². The molecule has 0 saturated carbocycles. The van der Waals surface area contributed by atoms with Crippen LogP contribution in [0.2, 0.25) is 0 Å². The second-order valence-electron chi connectivity index (χ2n) is 4.27. The summed E-state index contributed by atoms with van der Waals surface area (Å²) in [6.45, 7) is 1.94. The molecule has 0 amide bonds. The summed E-state index contributed by atoms with van der Waals surface area (Å²) in [6.07, 6.45) is 0.707. The molecule has 2 aromatic rings. The maximum absolute atomic E-state index is 11.9. The Bertz CT molecular complexity index is 547.